The molecule has 12 nitrogen and oxygen atoms in total. The molecule has 414 valence electrons. The molecule has 84 heavy (non-hydrogen) atoms. The highest BCUT2D eigenvalue weighted by Crippen LogP contribution is 2.43. The Bertz CT molecular complexity index is 3270. The first kappa shape index (κ1) is 59.8. The zero-order valence-electron chi connectivity index (χ0n) is 45.7. The van der Waals surface area contributed by atoms with Gasteiger partial charge in [0.15, 0.2) is 34.5 Å². The van der Waals surface area contributed by atoms with Gasteiger partial charge in [0.2, 0.25) is 17.2 Å². The minimum absolute atomic E-state index is 0.0189. The largest absolute Gasteiger partial charge is 0.489 e. The van der Waals surface area contributed by atoms with E-state index in [9.17, 15) is 0 Å². The van der Waals surface area contributed by atoms with Gasteiger partial charge in [-0.05, 0) is 141 Å². The van der Waals surface area contributed by atoms with Crippen LogP contribution in [-0.4, -0.2) is 59.5 Å². The zero-order valence-corrected chi connectivity index (χ0v) is 45.7. The summed E-state index contributed by atoms with van der Waals surface area (Å²) in [7, 11) is 0. The summed E-state index contributed by atoms with van der Waals surface area (Å²) in [6.07, 6.45) is 49.5. The Balaban J connectivity index is 1.17. The molecule has 0 aliphatic carbocycles. The minimum Gasteiger partial charge on any atom is -0.489 e. The van der Waals surface area contributed by atoms with E-state index in [0.29, 0.717) is 68.4 Å². The van der Waals surface area contributed by atoms with Gasteiger partial charge in [-0.3, -0.25) is 0 Å². The zero-order chi connectivity index (χ0) is 59.3. The summed E-state index contributed by atoms with van der Waals surface area (Å²) in [5, 5.41) is 0. The average molecular weight is 1110 g/mol. The fourth-order valence-electron chi connectivity index (χ4n) is 8.13. The molecular formula is C72H54O12. The lowest BCUT2D eigenvalue weighted by Gasteiger charge is -2.17. The Morgan fingerprint density at radius 1 is 0.214 bits per heavy atom. The topological polar surface area (TPSA) is 111 Å². The van der Waals surface area contributed by atoms with Crippen molar-refractivity contribution in [2.75, 3.05) is 59.5 Å². The van der Waals surface area contributed by atoms with E-state index in [4.69, 9.17) is 115 Å². The number of rotatable bonds is 30. The molecule has 0 radical (unpaired) electrons. The van der Waals surface area contributed by atoms with E-state index in [-0.39, 0.29) is 96.5 Å². The van der Waals surface area contributed by atoms with Gasteiger partial charge in [0.25, 0.3) is 0 Å². The molecule has 0 spiro atoms. The average Bonchev–Trinajstić information content (AvgIpc) is 3.71. The van der Waals surface area contributed by atoms with Gasteiger partial charge >= 0.3 is 0 Å². The monoisotopic (exact) mass is 1110 g/mol. The third-order valence-electron chi connectivity index (χ3n) is 11.7. The molecular weight excluding hydrogens is 1060 g/mol. The third kappa shape index (κ3) is 16.9. The van der Waals surface area contributed by atoms with Crippen LogP contribution in [0.2, 0.25) is 0 Å². The highest BCUT2D eigenvalue weighted by atomic mass is 16.6. The molecule has 0 unspecified atom stereocenters. The van der Waals surface area contributed by atoms with Crippen LogP contribution in [0.4, 0.5) is 0 Å². The Labute approximate surface area is 491 Å². The van der Waals surface area contributed by atoms with Crippen molar-refractivity contribution in [3.8, 4) is 213 Å². The standard InChI is InChI=1S/C72H54O12/c1-10-31-73-64-40-52(41-65(74-32-11-2)70(64)79-37-16-7)49-82-61-25-19-55(20-26-61)58-46-59(56-21-27-62(28-22-56)83-50-53-42-66(75-33-12-3)71(80-38-17-8)67(43-53)76-34-13-4)48-60(47-58)57-23-29-63(30-24-57)84-51-54-44-68(77-35-14-5)72(81-39-18-9)69(45-54)78-36-15-6/h1-9,19-30,40-48H,31-39,49-51H2. The van der Waals surface area contributed by atoms with Crippen LogP contribution < -0.4 is 56.8 Å². The minimum atomic E-state index is -0.0299. The SMILES string of the molecule is C#CCOc1cc(COc2ccc(-c3cc(-c4ccc(OCc5cc(OCC#C)c(OCC#C)c(OCC#C)c5)cc4)cc(-c4ccc(OCc5cc(OCC#C)c(OCC#C)c(OCC#C)c5)cc4)c3)cc2)cc(OCC#C)c1OCC#C. The van der Waals surface area contributed by atoms with Crippen molar-refractivity contribution in [1.29, 1.82) is 0 Å². The molecule has 7 aromatic carbocycles. The summed E-state index contributed by atoms with van der Waals surface area (Å²) in [4.78, 5) is 0. The molecule has 7 aromatic rings. The number of hydrogen-bond donors (Lipinski definition) is 0. The van der Waals surface area contributed by atoms with Gasteiger partial charge in [0, 0.05) is 0 Å². The normalized spacial score (nSPS) is 9.89. The van der Waals surface area contributed by atoms with Crippen LogP contribution in [0.1, 0.15) is 16.7 Å². The lowest BCUT2D eigenvalue weighted by atomic mass is 9.93. The van der Waals surface area contributed by atoms with E-state index in [0.717, 1.165) is 33.4 Å². The van der Waals surface area contributed by atoms with Gasteiger partial charge in [0.05, 0.1) is 0 Å². The quantitative estimate of drug-likeness (QED) is 0.0400. The van der Waals surface area contributed by atoms with E-state index in [1.165, 1.54) is 0 Å². The molecule has 0 saturated heterocycles. The highest BCUT2D eigenvalue weighted by Gasteiger charge is 2.20. The summed E-state index contributed by atoms with van der Waals surface area (Å²) in [5.41, 5.74) is 7.69. The number of hydrogen-bond acceptors (Lipinski definition) is 12. The second kappa shape index (κ2) is 31.7. The van der Waals surface area contributed by atoms with Crippen molar-refractivity contribution in [2.45, 2.75) is 19.8 Å². The van der Waals surface area contributed by atoms with Crippen molar-refractivity contribution in [3.63, 3.8) is 0 Å². The van der Waals surface area contributed by atoms with Crippen LogP contribution in [0.25, 0.3) is 33.4 Å². The maximum Gasteiger partial charge on any atom is 0.204 e. The van der Waals surface area contributed by atoms with E-state index in [1.54, 1.807) is 36.4 Å². The van der Waals surface area contributed by atoms with Gasteiger partial charge in [0.1, 0.15) is 96.5 Å². The molecule has 0 aromatic heterocycles. The van der Waals surface area contributed by atoms with Crippen LogP contribution in [0.15, 0.2) is 127 Å². The number of benzene rings is 7. The van der Waals surface area contributed by atoms with Crippen molar-refractivity contribution < 1.29 is 56.8 Å². The Hall–Kier alpha value is -11.8. The van der Waals surface area contributed by atoms with E-state index < -0.39 is 0 Å². The van der Waals surface area contributed by atoms with E-state index >= 15 is 0 Å². The van der Waals surface area contributed by atoms with E-state index in [2.05, 4.69) is 71.5 Å². The maximum absolute atomic E-state index is 6.29. The first-order valence-electron chi connectivity index (χ1n) is 25.7. The van der Waals surface area contributed by atoms with Gasteiger partial charge in [-0.2, -0.15) is 0 Å². The highest BCUT2D eigenvalue weighted by molar-refractivity contribution is 5.81. The molecule has 0 bridgehead atoms. The van der Waals surface area contributed by atoms with Gasteiger partial charge in [-0.1, -0.05) is 89.7 Å². The predicted octanol–water partition coefficient (Wildman–Crippen LogP) is 11.5. The van der Waals surface area contributed by atoms with Gasteiger partial charge < -0.3 is 56.8 Å². The Kier molecular flexibility index (Phi) is 22.6. The number of ether oxygens (including phenoxy) is 12. The molecule has 0 saturated carbocycles. The summed E-state index contributed by atoms with van der Waals surface area (Å²) in [6.45, 7) is 0.223. The number of terminal acetylenes is 9. The maximum atomic E-state index is 6.29. The summed E-state index contributed by atoms with van der Waals surface area (Å²) >= 11 is 0. The summed E-state index contributed by atoms with van der Waals surface area (Å²) in [6, 6.07) is 40.2. The van der Waals surface area contributed by atoms with Crippen molar-refractivity contribution in [1.82, 2.24) is 0 Å². The van der Waals surface area contributed by atoms with Crippen LogP contribution in [0, 0.1) is 111 Å². The molecule has 0 amide bonds. The Morgan fingerprint density at radius 2 is 0.405 bits per heavy atom. The lowest BCUT2D eigenvalue weighted by molar-refractivity contribution is 0.279. The predicted molar refractivity (Wildman–Crippen MR) is 324 cm³/mol. The van der Waals surface area contributed by atoms with Crippen LogP contribution in [0.5, 0.6) is 69.0 Å². The third-order valence-corrected chi connectivity index (χ3v) is 11.7. The van der Waals surface area contributed by atoms with Crippen molar-refractivity contribution in [3.05, 3.63) is 144 Å². The lowest BCUT2D eigenvalue weighted by Crippen LogP contribution is -2.06. The molecule has 0 atom stereocenters. The van der Waals surface area contributed by atoms with E-state index in [1.807, 2.05) is 72.8 Å². The van der Waals surface area contributed by atoms with Crippen molar-refractivity contribution in [2.24, 2.45) is 0 Å². The smallest absolute Gasteiger partial charge is 0.204 e. The van der Waals surface area contributed by atoms with Crippen LogP contribution in [0.3, 0.4) is 0 Å². The van der Waals surface area contributed by atoms with Gasteiger partial charge in [-0.15, -0.1) is 57.8 Å². The van der Waals surface area contributed by atoms with Crippen molar-refractivity contribution >= 4 is 0 Å². The first-order valence-corrected chi connectivity index (χ1v) is 25.7. The molecule has 0 heterocycles. The molecule has 0 fully saturated rings. The van der Waals surface area contributed by atoms with Gasteiger partial charge in [-0.25, -0.2) is 0 Å². The molecule has 7 rings (SSSR count). The summed E-state index contributed by atoms with van der Waals surface area (Å²) in [5.74, 6) is 26.8. The molecule has 0 aliphatic rings. The fraction of sp³-hybridized carbons (Fsp3) is 0.167. The second-order valence-electron chi connectivity index (χ2n) is 17.4. The second-order valence-corrected chi connectivity index (χ2v) is 17.4. The van der Waals surface area contributed by atoms with Crippen LogP contribution >= 0.6 is 0 Å². The van der Waals surface area contributed by atoms with Crippen LogP contribution in [-0.2, 0) is 19.8 Å². The molecule has 0 aliphatic heterocycles. The first-order chi connectivity index (χ1) is 41.2. The Morgan fingerprint density at radius 3 is 0.595 bits per heavy atom. The summed E-state index contributed by atoms with van der Waals surface area (Å²) < 4.78 is 71.0. The molecule has 0 N–H and O–H groups in total. The molecule has 12 heteroatoms. The fourth-order valence-corrected chi connectivity index (χ4v) is 8.13.